The summed E-state index contributed by atoms with van der Waals surface area (Å²) in [6, 6.07) is 3.20. The maximum atomic E-state index is 13.5. The van der Waals surface area contributed by atoms with Crippen molar-refractivity contribution in [3.8, 4) is 5.75 Å². The highest BCUT2D eigenvalue weighted by atomic mass is 79.9. The third-order valence-corrected chi connectivity index (χ3v) is 3.43. The summed E-state index contributed by atoms with van der Waals surface area (Å²) in [6.07, 6.45) is 2.73. The van der Waals surface area contributed by atoms with Gasteiger partial charge in [0.15, 0.2) is 0 Å². The summed E-state index contributed by atoms with van der Waals surface area (Å²) in [5.74, 6) is -0.298. The number of phenolic OH excluding ortho intramolecular Hbond substituents is 1. The molecular weight excluding hydrogens is 261 g/mol. The molecule has 4 heteroatoms. The summed E-state index contributed by atoms with van der Waals surface area (Å²) in [5.41, 5.74) is 0.406. The number of hydrogen-bond acceptors (Lipinski definition) is 2. The van der Waals surface area contributed by atoms with E-state index in [0.29, 0.717) is 22.5 Å². The molecule has 0 aromatic heterocycles. The van der Waals surface area contributed by atoms with E-state index in [2.05, 4.69) is 21.2 Å². The topological polar surface area (TPSA) is 32.3 Å². The number of phenols is 1. The van der Waals surface area contributed by atoms with Crippen molar-refractivity contribution in [2.45, 2.75) is 25.3 Å². The Morgan fingerprint density at radius 1 is 1.53 bits per heavy atom. The molecule has 0 radical (unpaired) electrons. The summed E-state index contributed by atoms with van der Waals surface area (Å²) < 4.78 is 14.0. The second kappa shape index (κ2) is 4.49. The van der Waals surface area contributed by atoms with Crippen molar-refractivity contribution in [2.75, 3.05) is 6.54 Å². The minimum atomic E-state index is -0.329. The van der Waals surface area contributed by atoms with Gasteiger partial charge >= 0.3 is 0 Å². The summed E-state index contributed by atoms with van der Waals surface area (Å²) in [6.45, 7) is 0.987. The van der Waals surface area contributed by atoms with Gasteiger partial charge in [0.25, 0.3) is 0 Å². The minimum Gasteiger partial charge on any atom is -0.506 e. The largest absolute Gasteiger partial charge is 0.506 e. The molecule has 0 aliphatic carbocycles. The fourth-order valence-corrected chi connectivity index (χ4v) is 2.33. The van der Waals surface area contributed by atoms with Crippen LogP contribution < -0.4 is 5.32 Å². The highest BCUT2D eigenvalue weighted by Gasteiger charge is 2.19. The lowest BCUT2D eigenvalue weighted by atomic mass is 10.0. The van der Waals surface area contributed by atoms with Crippen LogP contribution in [0, 0.1) is 5.82 Å². The van der Waals surface area contributed by atoms with Crippen LogP contribution in [-0.4, -0.2) is 17.7 Å². The maximum absolute atomic E-state index is 13.5. The molecule has 15 heavy (non-hydrogen) atoms. The van der Waals surface area contributed by atoms with Gasteiger partial charge in [0.2, 0.25) is 0 Å². The molecule has 1 aliphatic heterocycles. The van der Waals surface area contributed by atoms with E-state index in [4.69, 9.17) is 0 Å². The number of rotatable bonds is 2. The fourth-order valence-electron chi connectivity index (χ4n) is 1.95. The van der Waals surface area contributed by atoms with E-state index in [-0.39, 0.29) is 11.6 Å². The van der Waals surface area contributed by atoms with Crippen molar-refractivity contribution in [3.05, 3.63) is 28.0 Å². The van der Waals surface area contributed by atoms with Crippen molar-refractivity contribution < 1.29 is 9.50 Å². The molecule has 1 saturated heterocycles. The molecule has 0 bridgehead atoms. The van der Waals surface area contributed by atoms with Gasteiger partial charge in [0.1, 0.15) is 11.6 Å². The predicted octanol–water partition coefficient (Wildman–Crippen LogP) is 2.59. The second-order valence-electron chi connectivity index (χ2n) is 3.85. The van der Waals surface area contributed by atoms with Crippen LogP contribution >= 0.6 is 15.9 Å². The van der Waals surface area contributed by atoms with Crippen molar-refractivity contribution in [3.63, 3.8) is 0 Å². The monoisotopic (exact) mass is 273 g/mol. The van der Waals surface area contributed by atoms with Crippen molar-refractivity contribution in [2.24, 2.45) is 0 Å². The van der Waals surface area contributed by atoms with Gasteiger partial charge in [-0.3, -0.25) is 0 Å². The average Bonchev–Trinajstić information content (AvgIpc) is 2.71. The van der Waals surface area contributed by atoms with Gasteiger partial charge in [-0.25, -0.2) is 4.39 Å². The third-order valence-electron chi connectivity index (χ3n) is 2.79. The molecule has 2 nitrogen and oxygen atoms in total. The van der Waals surface area contributed by atoms with E-state index < -0.39 is 0 Å². The third kappa shape index (κ3) is 2.32. The average molecular weight is 274 g/mol. The predicted molar refractivity (Wildman–Crippen MR) is 60.5 cm³/mol. The number of halogens is 2. The van der Waals surface area contributed by atoms with Crippen molar-refractivity contribution in [1.82, 2.24) is 5.32 Å². The summed E-state index contributed by atoms with van der Waals surface area (Å²) in [4.78, 5) is 0. The minimum absolute atomic E-state index is 0.0312. The Kier molecular flexibility index (Phi) is 3.26. The van der Waals surface area contributed by atoms with E-state index in [1.165, 1.54) is 12.1 Å². The van der Waals surface area contributed by atoms with Gasteiger partial charge in [-0.1, -0.05) is 0 Å². The molecule has 1 heterocycles. The molecule has 0 amide bonds. The first-order valence-corrected chi connectivity index (χ1v) is 5.87. The summed E-state index contributed by atoms with van der Waals surface area (Å²) in [7, 11) is 0. The van der Waals surface area contributed by atoms with Gasteiger partial charge in [-0.15, -0.1) is 0 Å². The molecule has 1 aromatic carbocycles. The highest BCUT2D eigenvalue weighted by Crippen LogP contribution is 2.31. The molecular formula is C11H13BrFNO. The Labute approximate surface area is 96.6 Å². The lowest BCUT2D eigenvalue weighted by Crippen LogP contribution is -2.24. The van der Waals surface area contributed by atoms with Crippen LogP contribution in [0.5, 0.6) is 5.75 Å². The fraction of sp³-hybridized carbons (Fsp3) is 0.455. The number of aromatic hydroxyl groups is 1. The second-order valence-corrected chi connectivity index (χ2v) is 4.71. The highest BCUT2D eigenvalue weighted by molar-refractivity contribution is 9.10. The first-order valence-electron chi connectivity index (χ1n) is 5.07. The molecule has 2 N–H and O–H groups in total. The number of hydrogen-bond donors (Lipinski definition) is 2. The van der Waals surface area contributed by atoms with Crippen LogP contribution in [0.1, 0.15) is 18.4 Å². The van der Waals surface area contributed by atoms with Crippen LogP contribution in [0.25, 0.3) is 0 Å². The first kappa shape index (κ1) is 10.9. The van der Waals surface area contributed by atoms with Gasteiger partial charge < -0.3 is 10.4 Å². The van der Waals surface area contributed by atoms with Gasteiger partial charge in [0, 0.05) is 11.6 Å². The Bertz CT molecular complexity index is 364. The zero-order valence-electron chi connectivity index (χ0n) is 8.26. The lowest BCUT2D eigenvalue weighted by molar-refractivity contribution is 0.447. The van der Waals surface area contributed by atoms with E-state index in [0.717, 1.165) is 19.4 Å². The number of nitrogens with one attached hydrogen (secondary N) is 1. The van der Waals surface area contributed by atoms with Crippen molar-refractivity contribution >= 4 is 15.9 Å². The first-order chi connectivity index (χ1) is 7.18. The van der Waals surface area contributed by atoms with Gasteiger partial charge in [0.05, 0.1) is 4.47 Å². The summed E-state index contributed by atoms with van der Waals surface area (Å²) in [5, 5.41) is 13.0. The zero-order valence-corrected chi connectivity index (χ0v) is 9.85. The molecule has 1 aromatic rings. The summed E-state index contributed by atoms with van der Waals surface area (Å²) >= 11 is 3.19. The maximum Gasteiger partial charge on any atom is 0.135 e. The van der Waals surface area contributed by atoms with Gasteiger partial charge in [-0.05, 0) is 53.9 Å². The number of benzene rings is 1. The Hall–Kier alpha value is -0.610. The van der Waals surface area contributed by atoms with E-state index >= 15 is 0 Å². The van der Waals surface area contributed by atoms with Crippen LogP contribution in [0.4, 0.5) is 4.39 Å². The smallest absolute Gasteiger partial charge is 0.135 e. The van der Waals surface area contributed by atoms with E-state index in [1.54, 1.807) is 0 Å². The van der Waals surface area contributed by atoms with E-state index in [9.17, 15) is 9.50 Å². The molecule has 1 aliphatic rings. The van der Waals surface area contributed by atoms with Crippen LogP contribution in [-0.2, 0) is 6.42 Å². The SMILES string of the molecule is Oc1c(Br)ccc(F)c1CC1CCCN1. The van der Waals surface area contributed by atoms with E-state index in [1.807, 2.05) is 0 Å². The normalized spacial score (nSPS) is 20.8. The van der Waals surface area contributed by atoms with Crippen LogP contribution in [0.15, 0.2) is 16.6 Å². The standard InChI is InChI=1S/C11H13BrFNO/c12-9-3-4-10(13)8(11(9)15)6-7-2-1-5-14-7/h3-4,7,14-15H,1-2,5-6H2. The molecule has 0 spiro atoms. The molecule has 2 rings (SSSR count). The molecule has 1 unspecified atom stereocenters. The van der Waals surface area contributed by atoms with Crippen LogP contribution in [0.2, 0.25) is 0 Å². The zero-order chi connectivity index (χ0) is 10.8. The van der Waals surface area contributed by atoms with Crippen molar-refractivity contribution in [1.29, 1.82) is 0 Å². The lowest BCUT2D eigenvalue weighted by Gasteiger charge is -2.12. The van der Waals surface area contributed by atoms with Crippen LogP contribution in [0.3, 0.4) is 0 Å². The Morgan fingerprint density at radius 3 is 3.00 bits per heavy atom. The molecule has 1 fully saturated rings. The molecule has 82 valence electrons. The quantitative estimate of drug-likeness (QED) is 0.868. The molecule has 0 saturated carbocycles. The van der Waals surface area contributed by atoms with Gasteiger partial charge in [-0.2, -0.15) is 0 Å². The Morgan fingerprint density at radius 2 is 2.33 bits per heavy atom. The Balaban J connectivity index is 2.22. The molecule has 1 atom stereocenters.